The Morgan fingerprint density at radius 2 is 2.25 bits per heavy atom. The van der Waals surface area contributed by atoms with Crippen molar-refractivity contribution >= 4 is 27.9 Å². The molecule has 0 aliphatic heterocycles. The lowest BCUT2D eigenvalue weighted by molar-refractivity contribution is -0.153. The summed E-state index contributed by atoms with van der Waals surface area (Å²) in [4.78, 5) is 19.0. The molecule has 2 N–H and O–H groups in total. The summed E-state index contributed by atoms with van der Waals surface area (Å²) in [6, 6.07) is 9.12. The van der Waals surface area contributed by atoms with Crippen molar-refractivity contribution in [3.05, 3.63) is 42.1 Å². The lowest BCUT2D eigenvalue weighted by atomic mass is 10.1. The minimum Gasteiger partial charge on any atom is -0.464 e. The molecule has 0 radical (unpaired) electrons. The topological polar surface area (TPSA) is 75.2 Å². The summed E-state index contributed by atoms with van der Waals surface area (Å²) < 4.78 is 4.83. The van der Waals surface area contributed by atoms with Gasteiger partial charge in [0.25, 0.3) is 0 Å². The Morgan fingerprint density at radius 1 is 1.40 bits per heavy atom. The Morgan fingerprint density at radius 3 is 3.05 bits per heavy atom. The fourth-order valence-corrected chi connectivity index (χ4v) is 2.27. The number of aliphatic hydroxyl groups is 1. The van der Waals surface area contributed by atoms with Crippen LogP contribution in [0.2, 0.25) is 0 Å². The Labute approximate surface area is 115 Å². The van der Waals surface area contributed by atoms with Gasteiger partial charge in [-0.05, 0) is 36.8 Å². The highest BCUT2D eigenvalue weighted by molar-refractivity contribution is 6.06. The number of rotatable bonds is 3. The molecule has 0 aliphatic carbocycles. The molecule has 0 amide bonds. The maximum Gasteiger partial charge on any atom is 0.339 e. The van der Waals surface area contributed by atoms with E-state index < -0.39 is 12.1 Å². The van der Waals surface area contributed by atoms with Crippen molar-refractivity contribution in [3.8, 4) is 0 Å². The number of aromatic amines is 1. The van der Waals surface area contributed by atoms with Crippen molar-refractivity contribution in [3.63, 3.8) is 0 Å². The van der Waals surface area contributed by atoms with Gasteiger partial charge >= 0.3 is 5.97 Å². The Balaban J connectivity index is 2.09. The number of nitrogens with one attached hydrogen (secondary N) is 1. The largest absolute Gasteiger partial charge is 0.464 e. The zero-order valence-corrected chi connectivity index (χ0v) is 11.0. The summed E-state index contributed by atoms with van der Waals surface area (Å²) in [6.45, 7) is 1.95. The highest BCUT2D eigenvalue weighted by Gasteiger charge is 2.19. The monoisotopic (exact) mass is 270 g/mol. The van der Waals surface area contributed by atoms with E-state index in [2.05, 4.69) is 9.97 Å². The minimum atomic E-state index is -1.26. The van der Waals surface area contributed by atoms with Crippen LogP contribution in [-0.2, 0) is 9.53 Å². The average molecular weight is 270 g/mol. The van der Waals surface area contributed by atoms with Crippen molar-refractivity contribution < 1.29 is 14.6 Å². The lowest BCUT2D eigenvalue weighted by Crippen LogP contribution is -2.15. The Kier molecular flexibility index (Phi) is 3.12. The molecule has 1 aromatic carbocycles. The molecule has 0 saturated heterocycles. The normalized spacial score (nSPS) is 12.7. The van der Waals surface area contributed by atoms with Crippen LogP contribution in [0.5, 0.6) is 0 Å². The van der Waals surface area contributed by atoms with Gasteiger partial charge in [-0.3, -0.25) is 0 Å². The quantitative estimate of drug-likeness (QED) is 0.716. The van der Waals surface area contributed by atoms with Crippen LogP contribution >= 0.6 is 0 Å². The molecule has 0 fully saturated rings. The number of carbonyl (C=O) groups is 1. The van der Waals surface area contributed by atoms with Gasteiger partial charge in [0.1, 0.15) is 5.65 Å². The molecule has 5 heteroatoms. The SMILES string of the molecule is CCOC(=O)C(O)c1ccc2[nH]c3ncccc3c2c1. The van der Waals surface area contributed by atoms with Gasteiger partial charge in [0.05, 0.1) is 6.61 Å². The summed E-state index contributed by atoms with van der Waals surface area (Å²) in [6.07, 6.45) is 0.451. The van der Waals surface area contributed by atoms with E-state index in [1.54, 1.807) is 25.3 Å². The number of hydrogen-bond donors (Lipinski definition) is 2. The highest BCUT2D eigenvalue weighted by atomic mass is 16.5. The van der Waals surface area contributed by atoms with E-state index in [9.17, 15) is 9.90 Å². The van der Waals surface area contributed by atoms with Crippen molar-refractivity contribution in [1.82, 2.24) is 9.97 Å². The van der Waals surface area contributed by atoms with E-state index in [1.807, 2.05) is 18.2 Å². The molecule has 1 atom stereocenters. The number of nitrogens with zero attached hydrogens (tertiary/aromatic N) is 1. The van der Waals surface area contributed by atoms with Gasteiger partial charge in [0.15, 0.2) is 6.10 Å². The van der Waals surface area contributed by atoms with Gasteiger partial charge in [-0.1, -0.05) is 6.07 Å². The second-order valence-electron chi connectivity index (χ2n) is 4.48. The number of H-pyrrole nitrogens is 1. The fourth-order valence-electron chi connectivity index (χ4n) is 2.27. The molecule has 1 unspecified atom stereocenters. The molecule has 0 aliphatic rings. The Hall–Kier alpha value is -2.40. The van der Waals surface area contributed by atoms with Crippen LogP contribution in [0.15, 0.2) is 36.5 Å². The van der Waals surface area contributed by atoms with E-state index in [0.29, 0.717) is 5.56 Å². The van der Waals surface area contributed by atoms with Crippen LogP contribution in [0.3, 0.4) is 0 Å². The summed E-state index contributed by atoms with van der Waals surface area (Å²) in [5.41, 5.74) is 2.21. The number of esters is 1. The first-order valence-corrected chi connectivity index (χ1v) is 6.41. The first-order chi connectivity index (χ1) is 9.70. The maximum atomic E-state index is 11.6. The summed E-state index contributed by atoms with van der Waals surface area (Å²) in [7, 11) is 0. The van der Waals surface area contributed by atoms with Gasteiger partial charge in [0, 0.05) is 22.5 Å². The van der Waals surface area contributed by atoms with E-state index in [0.717, 1.165) is 21.9 Å². The zero-order chi connectivity index (χ0) is 14.1. The number of pyridine rings is 1. The Bertz CT molecular complexity index is 779. The summed E-state index contributed by atoms with van der Waals surface area (Å²) in [5, 5.41) is 11.9. The predicted octanol–water partition coefficient (Wildman–Crippen LogP) is 2.31. The van der Waals surface area contributed by atoms with E-state index in [1.165, 1.54) is 0 Å². The van der Waals surface area contributed by atoms with Crippen LogP contribution in [0.1, 0.15) is 18.6 Å². The second-order valence-corrected chi connectivity index (χ2v) is 4.48. The van der Waals surface area contributed by atoms with Gasteiger partial charge in [-0.2, -0.15) is 0 Å². The number of ether oxygens (including phenoxy) is 1. The van der Waals surface area contributed by atoms with E-state index in [-0.39, 0.29) is 6.61 Å². The van der Waals surface area contributed by atoms with Crippen molar-refractivity contribution in [2.45, 2.75) is 13.0 Å². The van der Waals surface area contributed by atoms with Crippen LogP contribution < -0.4 is 0 Å². The number of fused-ring (bicyclic) bond motifs is 3. The molecular formula is C15H14N2O3. The number of carbonyl (C=O) groups excluding carboxylic acids is 1. The fraction of sp³-hybridized carbons (Fsp3) is 0.200. The number of aromatic nitrogens is 2. The van der Waals surface area contributed by atoms with Crippen molar-refractivity contribution in [2.75, 3.05) is 6.61 Å². The molecule has 102 valence electrons. The third kappa shape index (κ3) is 2.02. The zero-order valence-electron chi connectivity index (χ0n) is 11.0. The minimum absolute atomic E-state index is 0.245. The number of hydrogen-bond acceptors (Lipinski definition) is 4. The number of benzene rings is 1. The standard InChI is InChI=1S/C15H14N2O3/c1-2-20-15(19)13(18)9-5-6-12-11(8-9)10-4-3-7-16-14(10)17-12/h3-8,13,18H,2H2,1H3,(H,16,17). The molecule has 0 spiro atoms. The first-order valence-electron chi connectivity index (χ1n) is 6.41. The molecule has 0 bridgehead atoms. The average Bonchev–Trinajstić information content (AvgIpc) is 2.84. The van der Waals surface area contributed by atoms with Crippen molar-refractivity contribution in [2.24, 2.45) is 0 Å². The first kappa shape index (κ1) is 12.6. The molecule has 0 saturated carbocycles. The predicted molar refractivity (Wildman–Crippen MR) is 75.2 cm³/mol. The van der Waals surface area contributed by atoms with Crippen molar-refractivity contribution in [1.29, 1.82) is 0 Å². The van der Waals surface area contributed by atoms with Crippen LogP contribution in [0, 0.1) is 0 Å². The smallest absolute Gasteiger partial charge is 0.339 e. The third-order valence-corrected chi connectivity index (χ3v) is 3.22. The molecule has 3 rings (SSSR count). The molecule has 2 aromatic heterocycles. The van der Waals surface area contributed by atoms with E-state index in [4.69, 9.17) is 4.74 Å². The van der Waals surface area contributed by atoms with Crippen LogP contribution in [0.4, 0.5) is 0 Å². The summed E-state index contributed by atoms with van der Waals surface area (Å²) in [5.74, 6) is -0.634. The molecule has 5 nitrogen and oxygen atoms in total. The molecular weight excluding hydrogens is 256 g/mol. The van der Waals surface area contributed by atoms with Crippen LogP contribution in [-0.4, -0.2) is 27.7 Å². The second kappa shape index (κ2) is 4.94. The summed E-state index contributed by atoms with van der Waals surface area (Å²) >= 11 is 0. The molecule has 2 heterocycles. The maximum absolute atomic E-state index is 11.6. The van der Waals surface area contributed by atoms with Gasteiger partial charge < -0.3 is 14.8 Å². The lowest BCUT2D eigenvalue weighted by Gasteiger charge is -2.09. The molecule has 20 heavy (non-hydrogen) atoms. The van der Waals surface area contributed by atoms with Gasteiger partial charge in [-0.15, -0.1) is 0 Å². The highest BCUT2D eigenvalue weighted by Crippen LogP contribution is 2.27. The molecule has 3 aromatic rings. The third-order valence-electron chi connectivity index (χ3n) is 3.22. The van der Waals surface area contributed by atoms with Crippen LogP contribution in [0.25, 0.3) is 21.9 Å². The number of aliphatic hydroxyl groups excluding tert-OH is 1. The van der Waals surface area contributed by atoms with E-state index >= 15 is 0 Å². The van der Waals surface area contributed by atoms with Gasteiger partial charge in [-0.25, -0.2) is 9.78 Å². The van der Waals surface area contributed by atoms with Gasteiger partial charge in [0.2, 0.25) is 0 Å².